The van der Waals surface area contributed by atoms with Crippen molar-refractivity contribution in [2.24, 2.45) is 0 Å². The van der Waals surface area contributed by atoms with Crippen LogP contribution in [0.3, 0.4) is 0 Å². The van der Waals surface area contributed by atoms with Crippen LogP contribution >= 0.6 is 0 Å². The fraction of sp³-hybridized carbons (Fsp3) is 0.533. The van der Waals surface area contributed by atoms with Gasteiger partial charge in [0.05, 0.1) is 11.7 Å². The van der Waals surface area contributed by atoms with Crippen molar-refractivity contribution >= 4 is 5.52 Å². The highest BCUT2D eigenvalue weighted by molar-refractivity contribution is 5.47. The van der Waals surface area contributed by atoms with Crippen LogP contribution < -0.4 is 0 Å². The number of imidazole rings is 1. The molecule has 1 aliphatic heterocycles. The Kier molecular flexibility index (Phi) is 3.08. The maximum atomic E-state index is 4.68. The molecule has 0 aliphatic carbocycles. The number of hydrogen-bond acceptors (Lipinski definition) is 2. The highest BCUT2D eigenvalue weighted by Gasteiger charge is 2.23. The van der Waals surface area contributed by atoms with E-state index >= 15 is 0 Å². The number of aromatic nitrogens is 2. The van der Waals surface area contributed by atoms with Crippen molar-refractivity contribution in [1.82, 2.24) is 14.3 Å². The van der Waals surface area contributed by atoms with Crippen molar-refractivity contribution in [2.45, 2.75) is 32.6 Å². The lowest BCUT2D eigenvalue weighted by Gasteiger charge is -2.30. The molecule has 0 aromatic carbocycles. The third-order valence-electron chi connectivity index (χ3n) is 4.17. The van der Waals surface area contributed by atoms with Crippen LogP contribution in [-0.2, 0) is 0 Å². The minimum atomic E-state index is 0.622. The fourth-order valence-electron chi connectivity index (χ4n) is 3.04. The van der Waals surface area contributed by atoms with E-state index in [9.17, 15) is 0 Å². The second-order valence-electron chi connectivity index (χ2n) is 5.25. The highest BCUT2D eigenvalue weighted by Crippen LogP contribution is 2.28. The van der Waals surface area contributed by atoms with E-state index in [4.69, 9.17) is 0 Å². The molecule has 0 N–H and O–H groups in total. The first-order chi connectivity index (χ1) is 8.79. The molecule has 18 heavy (non-hydrogen) atoms. The Morgan fingerprint density at radius 2 is 2.06 bits per heavy atom. The Bertz CT molecular complexity index is 536. The molecule has 2 aromatic heterocycles. The molecule has 0 unspecified atom stereocenters. The molecule has 1 saturated heterocycles. The molecule has 0 bridgehead atoms. The Hall–Kier alpha value is -1.35. The van der Waals surface area contributed by atoms with Gasteiger partial charge in [-0.05, 0) is 51.5 Å². The first kappa shape index (κ1) is 11.7. The average molecular weight is 243 g/mol. The summed E-state index contributed by atoms with van der Waals surface area (Å²) in [6.45, 7) is 8.01. The molecule has 1 fully saturated rings. The number of aryl methyl sites for hydroxylation is 1. The zero-order chi connectivity index (χ0) is 12.5. The van der Waals surface area contributed by atoms with Crippen LogP contribution in [0.15, 0.2) is 24.4 Å². The van der Waals surface area contributed by atoms with E-state index in [0.717, 1.165) is 0 Å². The molecule has 1 aliphatic rings. The van der Waals surface area contributed by atoms with Gasteiger partial charge in [-0.1, -0.05) is 13.0 Å². The van der Waals surface area contributed by atoms with E-state index in [2.05, 4.69) is 46.3 Å². The Morgan fingerprint density at radius 1 is 1.28 bits per heavy atom. The molecule has 0 atom stereocenters. The summed E-state index contributed by atoms with van der Waals surface area (Å²) >= 11 is 0. The molecular weight excluding hydrogens is 222 g/mol. The second kappa shape index (κ2) is 4.73. The summed E-state index contributed by atoms with van der Waals surface area (Å²) in [7, 11) is 0. The minimum absolute atomic E-state index is 0.622. The summed E-state index contributed by atoms with van der Waals surface area (Å²) in [5.74, 6) is 1.88. The van der Waals surface area contributed by atoms with E-state index in [1.165, 1.54) is 49.5 Å². The zero-order valence-electron chi connectivity index (χ0n) is 11.3. The van der Waals surface area contributed by atoms with E-state index in [1.807, 2.05) is 6.20 Å². The number of rotatable bonds is 2. The Morgan fingerprint density at radius 3 is 2.78 bits per heavy atom. The molecular formula is C15H21N3. The van der Waals surface area contributed by atoms with Crippen LogP contribution in [0.5, 0.6) is 0 Å². The van der Waals surface area contributed by atoms with Crippen molar-refractivity contribution in [3.05, 3.63) is 35.9 Å². The summed E-state index contributed by atoms with van der Waals surface area (Å²) in [6.07, 6.45) is 4.48. The van der Waals surface area contributed by atoms with Crippen LogP contribution in [0, 0.1) is 6.92 Å². The van der Waals surface area contributed by atoms with E-state index in [1.54, 1.807) is 0 Å². The lowest BCUT2D eigenvalue weighted by atomic mass is 9.96. The van der Waals surface area contributed by atoms with Gasteiger partial charge in [0.1, 0.15) is 5.82 Å². The molecule has 3 heteroatoms. The third-order valence-corrected chi connectivity index (χ3v) is 4.17. The van der Waals surface area contributed by atoms with Crippen molar-refractivity contribution in [3.8, 4) is 0 Å². The van der Waals surface area contributed by atoms with Crippen LogP contribution in [0.25, 0.3) is 5.52 Å². The first-order valence-corrected chi connectivity index (χ1v) is 6.95. The lowest BCUT2D eigenvalue weighted by molar-refractivity contribution is 0.219. The number of hydrogen-bond donors (Lipinski definition) is 0. The van der Waals surface area contributed by atoms with Gasteiger partial charge in [-0.2, -0.15) is 0 Å². The summed E-state index contributed by atoms with van der Waals surface area (Å²) < 4.78 is 2.33. The zero-order valence-corrected chi connectivity index (χ0v) is 11.3. The second-order valence-corrected chi connectivity index (χ2v) is 5.25. The molecule has 0 saturated carbocycles. The van der Waals surface area contributed by atoms with Gasteiger partial charge in [-0.15, -0.1) is 0 Å². The number of nitrogens with zero attached hydrogens (tertiary/aromatic N) is 3. The van der Waals surface area contributed by atoms with Gasteiger partial charge in [0.15, 0.2) is 0 Å². The maximum Gasteiger partial charge on any atom is 0.116 e. The minimum Gasteiger partial charge on any atom is -0.304 e. The van der Waals surface area contributed by atoms with Crippen molar-refractivity contribution in [2.75, 3.05) is 19.6 Å². The Labute approximate surface area is 108 Å². The molecule has 96 valence electrons. The van der Waals surface area contributed by atoms with Crippen molar-refractivity contribution in [3.63, 3.8) is 0 Å². The topological polar surface area (TPSA) is 20.5 Å². The van der Waals surface area contributed by atoms with Crippen molar-refractivity contribution < 1.29 is 0 Å². The van der Waals surface area contributed by atoms with Gasteiger partial charge >= 0.3 is 0 Å². The molecule has 0 spiro atoms. The van der Waals surface area contributed by atoms with E-state index in [0.29, 0.717) is 5.92 Å². The maximum absolute atomic E-state index is 4.68. The average Bonchev–Trinajstić information content (AvgIpc) is 2.84. The number of fused-ring (bicyclic) bond motifs is 1. The van der Waals surface area contributed by atoms with Crippen LogP contribution in [-0.4, -0.2) is 33.9 Å². The van der Waals surface area contributed by atoms with Gasteiger partial charge in [-0.3, -0.25) is 0 Å². The third kappa shape index (κ3) is 1.93. The molecule has 3 heterocycles. The molecule has 3 rings (SSSR count). The smallest absolute Gasteiger partial charge is 0.116 e. The predicted molar refractivity (Wildman–Crippen MR) is 74.0 cm³/mol. The molecule has 2 aromatic rings. The lowest BCUT2D eigenvalue weighted by Crippen LogP contribution is -2.33. The molecule has 0 radical (unpaired) electrons. The SMILES string of the molecule is CCN1CCC(c2ncc3cccc(C)n23)CC1. The summed E-state index contributed by atoms with van der Waals surface area (Å²) in [5, 5.41) is 0. The normalized spacial score (nSPS) is 18.6. The van der Waals surface area contributed by atoms with Gasteiger partial charge in [0.2, 0.25) is 0 Å². The van der Waals surface area contributed by atoms with Gasteiger partial charge < -0.3 is 9.30 Å². The van der Waals surface area contributed by atoms with Crippen LogP contribution in [0.2, 0.25) is 0 Å². The Balaban J connectivity index is 1.91. The summed E-state index contributed by atoms with van der Waals surface area (Å²) in [5.41, 5.74) is 2.51. The van der Waals surface area contributed by atoms with Gasteiger partial charge in [0.25, 0.3) is 0 Å². The monoisotopic (exact) mass is 243 g/mol. The number of likely N-dealkylation sites (tertiary alicyclic amines) is 1. The van der Waals surface area contributed by atoms with E-state index in [-0.39, 0.29) is 0 Å². The largest absolute Gasteiger partial charge is 0.304 e. The quantitative estimate of drug-likeness (QED) is 0.808. The molecule has 0 amide bonds. The van der Waals surface area contributed by atoms with Gasteiger partial charge in [-0.25, -0.2) is 4.98 Å². The fourth-order valence-corrected chi connectivity index (χ4v) is 3.04. The predicted octanol–water partition coefficient (Wildman–Crippen LogP) is 2.84. The standard InChI is InChI=1S/C15H21N3/c1-3-17-9-7-13(8-10-17)15-16-11-14-6-4-5-12(2)18(14)15/h4-6,11,13H,3,7-10H2,1-2H3. The van der Waals surface area contributed by atoms with Gasteiger partial charge in [0, 0.05) is 11.6 Å². The molecule has 3 nitrogen and oxygen atoms in total. The van der Waals surface area contributed by atoms with Crippen LogP contribution in [0.1, 0.15) is 37.2 Å². The summed E-state index contributed by atoms with van der Waals surface area (Å²) in [6, 6.07) is 6.42. The van der Waals surface area contributed by atoms with Crippen LogP contribution in [0.4, 0.5) is 0 Å². The highest BCUT2D eigenvalue weighted by atomic mass is 15.1. The number of piperidine rings is 1. The number of pyridine rings is 1. The summed E-state index contributed by atoms with van der Waals surface area (Å²) in [4.78, 5) is 7.20. The van der Waals surface area contributed by atoms with Crippen molar-refractivity contribution in [1.29, 1.82) is 0 Å². The van der Waals surface area contributed by atoms with E-state index < -0.39 is 0 Å². The first-order valence-electron chi connectivity index (χ1n) is 6.95.